The van der Waals surface area contributed by atoms with E-state index in [4.69, 9.17) is 0 Å². The summed E-state index contributed by atoms with van der Waals surface area (Å²) in [5.74, 6) is 0. The standard InChI is InChI=1S/C13H15BrN2/c14-10-6-7-13-12(8-10)15-9-16(13)11-4-2-1-3-5-11/h6-9,11H,1-5H2. The molecule has 1 fully saturated rings. The highest BCUT2D eigenvalue weighted by Gasteiger charge is 2.16. The smallest absolute Gasteiger partial charge is 0.0960 e. The van der Waals surface area contributed by atoms with E-state index in [-0.39, 0.29) is 0 Å². The van der Waals surface area contributed by atoms with Crippen LogP contribution in [0.1, 0.15) is 38.1 Å². The molecule has 16 heavy (non-hydrogen) atoms. The van der Waals surface area contributed by atoms with Crippen molar-refractivity contribution >= 4 is 27.0 Å². The number of benzene rings is 1. The molecule has 1 aliphatic rings. The summed E-state index contributed by atoms with van der Waals surface area (Å²) >= 11 is 3.49. The molecule has 0 bridgehead atoms. The molecule has 0 aliphatic heterocycles. The summed E-state index contributed by atoms with van der Waals surface area (Å²) in [6.45, 7) is 0. The Morgan fingerprint density at radius 2 is 2.00 bits per heavy atom. The molecule has 0 N–H and O–H groups in total. The molecule has 84 valence electrons. The summed E-state index contributed by atoms with van der Waals surface area (Å²) in [6.07, 6.45) is 8.74. The van der Waals surface area contributed by atoms with Crippen molar-refractivity contribution < 1.29 is 0 Å². The van der Waals surface area contributed by atoms with Crippen LogP contribution in [0.3, 0.4) is 0 Å². The molecule has 2 aromatic rings. The Hall–Kier alpha value is -0.830. The first-order valence-electron chi connectivity index (χ1n) is 5.97. The van der Waals surface area contributed by atoms with Gasteiger partial charge in [0.1, 0.15) is 0 Å². The van der Waals surface area contributed by atoms with Crippen molar-refractivity contribution in [2.24, 2.45) is 0 Å². The van der Waals surface area contributed by atoms with Crippen molar-refractivity contribution in [3.05, 3.63) is 29.0 Å². The molecule has 3 heteroatoms. The summed E-state index contributed by atoms with van der Waals surface area (Å²) in [5, 5.41) is 0. The minimum atomic E-state index is 0.667. The van der Waals surface area contributed by atoms with Crippen molar-refractivity contribution in [2.75, 3.05) is 0 Å². The first-order chi connectivity index (χ1) is 7.84. The molecule has 0 atom stereocenters. The summed E-state index contributed by atoms with van der Waals surface area (Å²) in [7, 11) is 0. The molecule has 0 amide bonds. The van der Waals surface area contributed by atoms with E-state index >= 15 is 0 Å². The van der Waals surface area contributed by atoms with Crippen LogP contribution in [0.5, 0.6) is 0 Å². The lowest BCUT2D eigenvalue weighted by Crippen LogP contribution is -2.11. The average molecular weight is 279 g/mol. The monoisotopic (exact) mass is 278 g/mol. The van der Waals surface area contributed by atoms with Gasteiger partial charge in [-0.3, -0.25) is 0 Å². The highest BCUT2D eigenvalue weighted by Crippen LogP contribution is 2.31. The van der Waals surface area contributed by atoms with Crippen LogP contribution < -0.4 is 0 Å². The zero-order valence-corrected chi connectivity index (χ0v) is 10.8. The van der Waals surface area contributed by atoms with E-state index in [0.717, 1.165) is 9.99 Å². The SMILES string of the molecule is Brc1ccc2c(c1)ncn2C1CCCCC1. The van der Waals surface area contributed by atoms with E-state index in [1.54, 1.807) is 0 Å². The van der Waals surface area contributed by atoms with E-state index in [9.17, 15) is 0 Å². The Bertz CT molecular complexity index is 498. The summed E-state index contributed by atoms with van der Waals surface area (Å²) in [4.78, 5) is 4.49. The van der Waals surface area contributed by atoms with E-state index in [1.807, 2.05) is 6.33 Å². The van der Waals surface area contributed by atoms with Gasteiger partial charge in [0, 0.05) is 10.5 Å². The van der Waals surface area contributed by atoms with E-state index < -0.39 is 0 Å². The van der Waals surface area contributed by atoms with Crippen LogP contribution in [-0.4, -0.2) is 9.55 Å². The third kappa shape index (κ3) is 1.77. The minimum Gasteiger partial charge on any atom is -0.327 e. The van der Waals surface area contributed by atoms with Gasteiger partial charge in [-0.25, -0.2) is 4.98 Å². The largest absolute Gasteiger partial charge is 0.327 e. The van der Waals surface area contributed by atoms with Gasteiger partial charge >= 0.3 is 0 Å². The van der Waals surface area contributed by atoms with Gasteiger partial charge in [-0.05, 0) is 31.0 Å². The second-order valence-electron chi connectivity index (χ2n) is 4.58. The molecule has 2 nitrogen and oxygen atoms in total. The Balaban J connectivity index is 2.03. The molecule has 1 heterocycles. The number of hydrogen-bond acceptors (Lipinski definition) is 1. The van der Waals surface area contributed by atoms with Gasteiger partial charge in [0.25, 0.3) is 0 Å². The van der Waals surface area contributed by atoms with Crippen molar-refractivity contribution in [1.29, 1.82) is 0 Å². The highest BCUT2D eigenvalue weighted by molar-refractivity contribution is 9.10. The molecular weight excluding hydrogens is 264 g/mol. The van der Waals surface area contributed by atoms with E-state index in [2.05, 4.69) is 43.7 Å². The maximum atomic E-state index is 4.49. The molecule has 0 radical (unpaired) electrons. The van der Waals surface area contributed by atoms with Gasteiger partial charge in [0.15, 0.2) is 0 Å². The molecule has 1 aromatic carbocycles. The van der Waals surface area contributed by atoms with Crippen LogP contribution in [-0.2, 0) is 0 Å². The van der Waals surface area contributed by atoms with Gasteiger partial charge in [0.2, 0.25) is 0 Å². The van der Waals surface area contributed by atoms with Gasteiger partial charge < -0.3 is 4.57 Å². The number of hydrogen-bond donors (Lipinski definition) is 0. The molecule has 3 rings (SSSR count). The first-order valence-corrected chi connectivity index (χ1v) is 6.76. The van der Waals surface area contributed by atoms with Gasteiger partial charge in [-0.15, -0.1) is 0 Å². The average Bonchev–Trinajstić information content (AvgIpc) is 2.73. The normalized spacial score (nSPS) is 18.1. The maximum absolute atomic E-state index is 4.49. The zero-order chi connectivity index (χ0) is 11.0. The molecule has 1 saturated carbocycles. The van der Waals surface area contributed by atoms with Crippen LogP contribution in [0.25, 0.3) is 11.0 Å². The molecular formula is C13H15BrN2. The summed E-state index contributed by atoms with van der Waals surface area (Å²) < 4.78 is 3.47. The quantitative estimate of drug-likeness (QED) is 0.760. The maximum Gasteiger partial charge on any atom is 0.0960 e. The second kappa shape index (κ2) is 4.21. The Labute approximate surface area is 104 Å². The number of aromatic nitrogens is 2. The summed E-state index contributed by atoms with van der Waals surface area (Å²) in [5.41, 5.74) is 2.37. The Morgan fingerprint density at radius 1 is 1.19 bits per heavy atom. The predicted molar refractivity (Wildman–Crippen MR) is 69.6 cm³/mol. The number of halogens is 1. The van der Waals surface area contributed by atoms with Crippen LogP contribution in [0.15, 0.2) is 29.0 Å². The van der Waals surface area contributed by atoms with Crippen LogP contribution in [0, 0.1) is 0 Å². The molecule has 1 aromatic heterocycles. The van der Waals surface area contributed by atoms with Crippen LogP contribution in [0.4, 0.5) is 0 Å². The van der Waals surface area contributed by atoms with Crippen LogP contribution >= 0.6 is 15.9 Å². The number of nitrogens with zero attached hydrogens (tertiary/aromatic N) is 2. The van der Waals surface area contributed by atoms with E-state index in [1.165, 1.54) is 37.6 Å². The Kier molecular flexibility index (Phi) is 2.72. The van der Waals surface area contributed by atoms with E-state index in [0.29, 0.717) is 6.04 Å². The van der Waals surface area contributed by atoms with Crippen LogP contribution in [0.2, 0.25) is 0 Å². The third-order valence-electron chi connectivity index (χ3n) is 3.50. The first kappa shape index (κ1) is 10.3. The van der Waals surface area contributed by atoms with Crippen molar-refractivity contribution in [3.8, 4) is 0 Å². The lowest BCUT2D eigenvalue weighted by Gasteiger charge is -2.23. The van der Waals surface area contributed by atoms with Gasteiger partial charge in [-0.2, -0.15) is 0 Å². The summed E-state index contributed by atoms with van der Waals surface area (Å²) in [6, 6.07) is 7.03. The predicted octanol–water partition coefficient (Wildman–Crippen LogP) is 4.30. The zero-order valence-electron chi connectivity index (χ0n) is 9.19. The third-order valence-corrected chi connectivity index (χ3v) is 4.00. The van der Waals surface area contributed by atoms with Gasteiger partial charge in [-0.1, -0.05) is 35.2 Å². The van der Waals surface area contributed by atoms with Crippen molar-refractivity contribution in [3.63, 3.8) is 0 Å². The molecule has 0 spiro atoms. The lowest BCUT2D eigenvalue weighted by molar-refractivity contribution is 0.359. The Morgan fingerprint density at radius 3 is 2.81 bits per heavy atom. The van der Waals surface area contributed by atoms with Crippen molar-refractivity contribution in [2.45, 2.75) is 38.1 Å². The van der Waals surface area contributed by atoms with Crippen molar-refractivity contribution in [1.82, 2.24) is 9.55 Å². The number of rotatable bonds is 1. The lowest BCUT2D eigenvalue weighted by atomic mass is 9.95. The molecule has 0 saturated heterocycles. The molecule has 0 unspecified atom stereocenters. The number of imidazole rings is 1. The minimum absolute atomic E-state index is 0.667. The number of fused-ring (bicyclic) bond motifs is 1. The fourth-order valence-electron chi connectivity index (χ4n) is 2.66. The highest BCUT2D eigenvalue weighted by atomic mass is 79.9. The topological polar surface area (TPSA) is 17.8 Å². The fourth-order valence-corrected chi connectivity index (χ4v) is 3.00. The van der Waals surface area contributed by atoms with Gasteiger partial charge in [0.05, 0.1) is 17.4 Å². The fraction of sp³-hybridized carbons (Fsp3) is 0.462. The molecule has 1 aliphatic carbocycles. The second-order valence-corrected chi connectivity index (χ2v) is 5.49.